The zero-order valence-corrected chi connectivity index (χ0v) is 18.8. The Kier molecular flexibility index (Phi) is 4.63. The Morgan fingerprint density at radius 1 is 1.21 bits per heavy atom. The molecule has 5 heterocycles. The number of alkyl halides is 5. The summed E-state index contributed by atoms with van der Waals surface area (Å²) in [6.45, 7) is 1.60. The number of halogens is 6. The molecule has 0 spiro atoms. The van der Waals surface area contributed by atoms with Crippen LogP contribution in [0.4, 0.5) is 22.0 Å². The lowest BCUT2D eigenvalue weighted by Gasteiger charge is -2.03. The molecule has 1 aliphatic carbocycles. The molecule has 0 aliphatic heterocycles. The van der Waals surface area contributed by atoms with Gasteiger partial charge in [-0.25, -0.2) is 28.2 Å². The average Bonchev–Trinajstić information content (AvgIpc) is 3.23. The fourth-order valence-electron chi connectivity index (χ4n) is 4.09. The molecule has 0 amide bonds. The highest BCUT2D eigenvalue weighted by atomic mass is 35.5. The van der Waals surface area contributed by atoms with Crippen molar-refractivity contribution < 1.29 is 22.0 Å². The predicted molar refractivity (Wildman–Crippen MR) is 114 cm³/mol. The van der Waals surface area contributed by atoms with Crippen LogP contribution in [0.3, 0.4) is 0 Å². The molecule has 0 N–H and O–H groups in total. The predicted octanol–water partition coefficient (Wildman–Crippen LogP) is 5.93. The summed E-state index contributed by atoms with van der Waals surface area (Å²) >= 11 is 7.21. The summed E-state index contributed by atoms with van der Waals surface area (Å²) in [5.74, 6) is 0.140. The minimum absolute atomic E-state index is 0.0813. The number of hydrogen-bond donors (Lipinski definition) is 0. The van der Waals surface area contributed by atoms with E-state index in [0.29, 0.717) is 37.3 Å². The number of aromatic nitrogens is 7. The van der Waals surface area contributed by atoms with E-state index in [1.54, 1.807) is 6.92 Å². The first-order valence-corrected chi connectivity index (χ1v) is 11.4. The van der Waals surface area contributed by atoms with Gasteiger partial charge in [-0.1, -0.05) is 11.6 Å². The molecular formula is C20H13ClF5N7S. The van der Waals surface area contributed by atoms with Gasteiger partial charge in [0, 0.05) is 11.3 Å². The first-order chi connectivity index (χ1) is 16.1. The van der Waals surface area contributed by atoms with Crippen LogP contribution in [-0.2, 0) is 12.7 Å². The zero-order chi connectivity index (χ0) is 23.9. The highest BCUT2D eigenvalue weighted by Gasteiger charge is 2.42. The number of thiophene rings is 1. The van der Waals surface area contributed by atoms with Crippen LogP contribution in [0.2, 0.25) is 5.02 Å². The second-order valence-electron chi connectivity index (χ2n) is 8.14. The topological polar surface area (TPSA) is 73.8 Å². The molecule has 0 radical (unpaired) electrons. The van der Waals surface area contributed by atoms with Crippen molar-refractivity contribution in [2.45, 2.75) is 44.8 Å². The molecule has 5 aromatic heterocycles. The molecule has 14 heteroatoms. The first kappa shape index (κ1) is 21.6. The van der Waals surface area contributed by atoms with Gasteiger partial charge in [-0.15, -0.1) is 16.4 Å². The first-order valence-electron chi connectivity index (χ1n) is 10.2. The zero-order valence-electron chi connectivity index (χ0n) is 17.2. The molecule has 0 bridgehead atoms. The number of nitrogens with zero attached hydrogens (tertiary/aromatic N) is 7. The Morgan fingerprint density at radius 2 is 1.97 bits per heavy atom. The summed E-state index contributed by atoms with van der Waals surface area (Å²) in [5, 5.41) is 8.33. The third-order valence-electron chi connectivity index (χ3n) is 5.71. The molecule has 0 atom stereocenters. The molecular weight excluding hydrogens is 501 g/mol. The van der Waals surface area contributed by atoms with E-state index in [0.717, 1.165) is 24.2 Å². The van der Waals surface area contributed by atoms with Crippen LogP contribution < -0.4 is 0 Å². The SMILES string of the molecule is Cc1cc(C(F)F)nc2sc3c(ncn4nc(Cn5nc(C(F)(F)F)c(Cl)c5C5CC5)nc34)c12. The summed E-state index contributed by atoms with van der Waals surface area (Å²) in [6, 6.07) is 1.33. The van der Waals surface area contributed by atoms with Crippen LogP contribution in [0.25, 0.3) is 26.1 Å². The van der Waals surface area contributed by atoms with Gasteiger partial charge in [0.25, 0.3) is 6.43 Å². The highest BCUT2D eigenvalue weighted by molar-refractivity contribution is 7.26. The minimum Gasteiger partial charge on any atom is -0.259 e. The van der Waals surface area contributed by atoms with E-state index in [-0.39, 0.29) is 29.0 Å². The van der Waals surface area contributed by atoms with Gasteiger partial charge in [-0.3, -0.25) is 4.68 Å². The summed E-state index contributed by atoms with van der Waals surface area (Å²) < 4.78 is 69.7. The van der Waals surface area contributed by atoms with Crippen LogP contribution in [0.15, 0.2) is 12.4 Å². The molecule has 5 aromatic rings. The number of rotatable bonds is 4. The second kappa shape index (κ2) is 7.28. The average molecular weight is 514 g/mol. The van der Waals surface area contributed by atoms with Crippen molar-refractivity contribution >= 4 is 49.0 Å². The van der Waals surface area contributed by atoms with Crippen molar-refractivity contribution in [3.63, 3.8) is 0 Å². The van der Waals surface area contributed by atoms with E-state index < -0.39 is 18.3 Å². The monoisotopic (exact) mass is 513 g/mol. The Bertz CT molecular complexity index is 1600. The normalized spacial score (nSPS) is 14.9. The Hall–Kier alpha value is -2.93. The molecule has 176 valence electrons. The van der Waals surface area contributed by atoms with E-state index in [1.165, 1.54) is 21.6 Å². The largest absolute Gasteiger partial charge is 0.436 e. The van der Waals surface area contributed by atoms with Gasteiger partial charge in [0.1, 0.15) is 28.1 Å². The summed E-state index contributed by atoms with van der Waals surface area (Å²) in [6.07, 6.45) is -4.47. The van der Waals surface area contributed by atoms with E-state index in [9.17, 15) is 22.0 Å². The maximum atomic E-state index is 13.4. The van der Waals surface area contributed by atoms with Gasteiger partial charge >= 0.3 is 6.18 Å². The fraction of sp³-hybridized carbons (Fsp3) is 0.350. The Balaban J connectivity index is 1.47. The van der Waals surface area contributed by atoms with Crippen LogP contribution in [0.5, 0.6) is 0 Å². The number of fused-ring (bicyclic) bond motifs is 5. The number of pyridine rings is 1. The van der Waals surface area contributed by atoms with E-state index in [1.807, 2.05) is 0 Å². The summed E-state index contributed by atoms with van der Waals surface area (Å²) in [5.41, 5.74) is 0.462. The van der Waals surface area contributed by atoms with Crippen molar-refractivity contribution in [2.24, 2.45) is 0 Å². The van der Waals surface area contributed by atoms with Gasteiger partial charge < -0.3 is 0 Å². The minimum atomic E-state index is -4.67. The Labute approximate surface area is 196 Å². The lowest BCUT2D eigenvalue weighted by Crippen LogP contribution is -2.10. The molecule has 0 saturated heterocycles. The number of hydrogen-bond acceptors (Lipinski definition) is 6. The lowest BCUT2D eigenvalue weighted by molar-refractivity contribution is -0.141. The molecule has 34 heavy (non-hydrogen) atoms. The van der Waals surface area contributed by atoms with Crippen molar-refractivity contribution in [1.82, 2.24) is 34.3 Å². The summed E-state index contributed by atoms with van der Waals surface area (Å²) in [7, 11) is 0. The fourth-order valence-corrected chi connectivity index (χ4v) is 5.68. The molecule has 1 saturated carbocycles. The Morgan fingerprint density at radius 3 is 2.65 bits per heavy atom. The molecule has 7 nitrogen and oxygen atoms in total. The van der Waals surface area contributed by atoms with E-state index in [4.69, 9.17) is 11.6 Å². The van der Waals surface area contributed by atoms with Crippen molar-refractivity contribution in [3.05, 3.63) is 45.9 Å². The third kappa shape index (κ3) is 3.32. The van der Waals surface area contributed by atoms with Crippen LogP contribution >= 0.6 is 22.9 Å². The van der Waals surface area contributed by atoms with Gasteiger partial charge in [0.15, 0.2) is 17.2 Å². The van der Waals surface area contributed by atoms with Gasteiger partial charge in [0.2, 0.25) is 0 Å². The van der Waals surface area contributed by atoms with Gasteiger partial charge in [0.05, 0.1) is 16.2 Å². The van der Waals surface area contributed by atoms with E-state index in [2.05, 4.69) is 25.1 Å². The lowest BCUT2D eigenvalue weighted by atomic mass is 10.1. The van der Waals surface area contributed by atoms with Crippen molar-refractivity contribution in [1.29, 1.82) is 0 Å². The smallest absolute Gasteiger partial charge is 0.259 e. The molecule has 0 aromatic carbocycles. The molecule has 0 unspecified atom stereocenters. The van der Waals surface area contributed by atoms with Crippen LogP contribution in [0.1, 0.15) is 53.7 Å². The van der Waals surface area contributed by atoms with Crippen molar-refractivity contribution in [2.75, 3.05) is 0 Å². The van der Waals surface area contributed by atoms with E-state index >= 15 is 0 Å². The molecule has 1 fully saturated rings. The highest BCUT2D eigenvalue weighted by Crippen LogP contribution is 2.47. The summed E-state index contributed by atoms with van der Waals surface area (Å²) in [4.78, 5) is 13.4. The third-order valence-corrected chi connectivity index (χ3v) is 7.15. The standard InChI is InChI=1S/C20H13ClF5N7S/c1-7-4-9(17(22)23)28-19-11(7)13-15(34-19)18-29-10(30-33(18)6-27-13)5-32-14(8-2-3-8)12(21)16(31-32)20(24,25)26/h4,6,8,17H,2-3,5H2,1H3. The van der Waals surface area contributed by atoms with Gasteiger partial charge in [-0.2, -0.15) is 18.3 Å². The maximum Gasteiger partial charge on any atom is 0.436 e. The van der Waals surface area contributed by atoms with Crippen molar-refractivity contribution in [3.8, 4) is 0 Å². The second-order valence-corrected chi connectivity index (χ2v) is 9.52. The number of aryl methyl sites for hydroxylation is 1. The van der Waals surface area contributed by atoms with Gasteiger partial charge in [-0.05, 0) is 31.4 Å². The maximum absolute atomic E-state index is 13.4. The molecule has 1 aliphatic rings. The van der Waals surface area contributed by atoms with Crippen LogP contribution in [0, 0.1) is 6.92 Å². The molecule has 6 rings (SSSR count). The quantitative estimate of drug-likeness (QED) is 0.279. The van der Waals surface area contributed by atoms with Crippen LogP contribution in [-0.4, -0.2) is 34.3 Å².